The summed E-state index contributed by atoms with van der Waals surface area (Å²) < 4.78 is 29.3. The van der Waals surface area contributed by atoms with Crippen LogP contribution in [0.4, 0.5) is 0 Å². The summed E-state index contributed by atoms with van der Waals surface area (Å²) >= 11 is 0. The summed E-state index contributed by atoms with van der Waals surface area (Å²) in [5.41, 5.74) is 4.39. The fourth-order valence-corrected chi connectivity index (χ4v) is 3.30. The Kier molecular flexibility index (Phi) is 4.17. The van der Waals surface area contributed by atoms with Crippen molar-refractivity contribution in [3.63, 3.8) is 0 Å². The van der Waals surface area contributed by atoms with E-state index >= 15 is 0 Å². The van der Waals surface area contributed by atoms with Gasteiger partial charge in [-0.3, -0.25) is 9.27 Å². The van der Waals surface area contributed by atoms with Crippen LogP contribution in [0.3, 0.4) is 0 Å². The molecule has 0 aliphatic heterocycles. The van der Waals surface area contributed by atoms with E-state index in [2.05, 4.69) is 10.1 Å². The van der Waals surface area contributed by atoms with Gasteiger partial charge in [0.15, 0.2) is 0 Å². The van der Waals surface area contributed by atoms with Crippen LogP contribution in [0.5, 0.6) is 0 Å². The van der Waals surface area contributed by atoms with Gasteiger partial charge in [0, 0.05) is 17.0 Å². The third kappa shape index (κ3) is 3.42. The highest BCUT2D eigenvalue weighted by molar-refractivity contribution is 7.86. The van der Waals surface area contributed by atoms with Gasteiger partial charge < -0.3 is 0 Å². The number of fused-ring (bicyclic) bond motifs is 1. The second-order valence-corrected chi connectivity index (χ2v) is 7.21. The van der Waals surface area contributed by atoms with Gasteiger partial charge in [-0.15, -0.1) is 0 Å². The SMILES string of the molecule is Cc1ccc(S(=O)(=O)O/N=C2\CCCc3nc(C)ccc32)cc1. The van der Waals surface area contributed by atoms with Crippen molar-refractivity contribution in [2.24, 2.45) is 5.16 Å². The maximum absolute atomic E-state index is 12.2. The van der Waals surface area contributed by atoms with Crippen molar-refractivity contribution in [3.05, 3.63) is 58.9 Å². The molecule has 23 heavy (non-hydrogen) atoms. The normalized spacial score (nSPS) is 16.2. The lowest BCUT2D eigenvalue weighted by molar-refractivity contribution is 0.337. The zero-order valence-electron chi connectivity index (χ0n) is 13.1. The molecule has 1 aromatic carbocycles. The molecule has 6 heteroatoms. The van der Waals surface area contributed by atoms with Crippen molar-refractivity contribution < 1.29 is 12.7 Å². The van der Waals surface area contributed by atoms with Gasteiger partial charge >= 0.3 is 10.1 Å². The highest BCUT2D eigenvalue weighted by Crippen LogP contribution is 2.22. The predicted molar refractivity (Wildman–Crippen MR) is 87.9 cm³/mol. The molecule has 1 aromatic heterocycles. The summed E-state index contributed by atoms with van der Waals surface area (Å²) in [4.78, 5) is 4.59. The zero-order valence-corrected chi connectivity index (χ0v) is 13.9. The first-order chi connectivity index (χ1) is 11.0. The Hall–Kier alpha value is -2.21. The minimum atomic E-state index is -3.90. The number of oxime groups is 1. The lowest BCUT2D eigenvalue weighted by atomic mass is 9.94. The summed E-state index contributed by atoms with van der Waals surface area (Å²) in [6.07, 6.45) is 2.44. The Labute approximate surface area is 136 Å². The predicted octanol–water partition coefficient (Wildman–Crippen LogP) is 3.14. The van der Waals surface area contributed by atoms with E-state index in [0.717, 1.165) is 35.4 Å². The summed E-state index contributed by atoms with van der Waals surface area (Å²) in [6.45, 7) is 3.83. The van der Waals surface area contributed by atoms with Crippen molar-refractivity contribution in [1.82, 2.24) is 4.98 Å². The van der Waals surface area contributed by atoms with E-state index in [9.17, 15) is 8.42 Å². The van der Waals surface area contributed by atoms with Gasteiger partial charge in [-0.05, 0) is 57.4 Å². The van der Waals surface area contributed by atoms with Crippen molar-refractivity contribution in [2.75, 3.05) is 0 Å². The molecule has 120 valence electrons. The van der Waals surface area contributed by atoms with Crippen molar-refractivity contribution >= 4 is 15.8 Å². The number of hydrogen-bond donors (Lipinski definition) is 0. The Bertz CT molecular complexity index is 856. The van der Waals surface area contributed by atoms with Crippen molar-refractivity contribution in [1.29, 1.82) is 0 Å². The fourth-order valence-electron chi connectivity index (χ4n) is 2.56. The molecular weight excluding hydrogens is 312 g/mol. The molecule has 0 saturated carbocycles. The molecule has 0 unspecified atom stereocenters. The van der Waals surface area contributed by atoms with Crippen LogP contribution in [-0.4, -0.2) is 19.1 Å². The molecule has 0 amide bonds. The van der Waals surface area contributed by atoms with Crippen LogP contribution in [0.1, 0.15) is 35.4 Å². The number of nitrogens with zero attached hydrogens (tertiary/aromatic N) is 2. The molecular formula is C17H18N2O3S. The van der Waals surface area contributed by atoms with Crippen LogP contribution in [0, 0.1) is 13.8 Å². The smallest absolute Gasteiger partial charge is 0.264 e. The van der Waals surface area contributed by atoms with Crippen LogP contribution in [0.25, 0.3) is 0 Å². The van der Waals surface area contributed by atoms with Crippen molar-refractivity contribution in [2.45, 2.75) is 38.0 Å². The molecule has 3 rings (SSSR count). The third-order valence-corrected chi connectivity index (χ3v) is 4.93. The first-order valence-corrected chi connectivity index (χ1v) is 8.90. The van der Waals surface area contributed by atoms with Crippen LogP contribution in [-0.2, 0) is 20.8 Å². The van der Waals surface area contributed by atoms with Gasteiger partial charge in [0.25, 0.3) is 0 Å². The minimum Gasteiger partial charge on any atom is -0.264 e. The Morgan fingerprint density at radius 2 is 1.78 bits per heavy atom. The second kappa shape index (κ2) is 6.12. The first kappa shape index (κ1) is 15.7. The van der Waals surface area contributed by atoms with Crippen molar-refractivity contribution in [3.8, 4) is 0 Å². The van der Waals surface area contributed by atoms with Gasteiger partial charge in [-0.25, -0.2) is 0 Å². The first-order valence-electron chi connectivity index (χ1n) is 7.50. The number of rotatable bonds is 3. The quantitative estimate of drug-likeness (QED) is 0.811. The van der Waals surface area contributed by atoms with Gasteiger partial charge in [-0.1, -0.05) is 22.9 Å². The van der Waals surface area contributed by atoms with Gasteiger partial charge in [0.05, 0.1) is 5.71 Å². The van der Waals surface area contributed by atoms with E-state index in [1.165, 1.54) is 12.1 Å². The van der Waals surface area contributed by atoms with Crippen LogP contribution in [0.2, 0.25) is 0 Å². The van der Waals surface area contributed by atoms with E-state index in [-0.39, 0.29) is 4.90 Å². The summed E-state index contributed by atoms with van der Waals surface area (Å²) in [5.74, 6) is 0. The highest BCUT2D eigenvalue weighted by atomic mass is 32.2. The molecule has 0 bridgehead atoms. The maximum atomic E-state index is 12.2. The topological polar surface area (TPSA) is 68.6 Å². The molecule has 0 fully saturated rings. The highest BCUT2D eigenvalue weighted by Gasteiger charge is 2.20. The average molecular weight is 330 g/mol. The Morgan fingerprint density at radius 1 is 1.04 bits per heavy atom. The lowest BCUT2D eigenvalue weighted by Crippen LogP contribution is -2.15. The standard InChI is InChI=1S/C17H18N2O3S/c1-12-6-9-14(10-7-12)23(20,21)22-19-17-5-3-4-16-15(17)11-8-13(2)18-16/h6-11H,3-5H2,1-2H3/b19-17+. The number of pyridine rings is 1. The monoisotopic (exact) mass is 330 g/mol. The summed E-state index contributed by atoms with van der Waals surface area (Å²) in [5, 5.41) is 3.91. The van der Waals surface area contributed by atoms with E-state index in [0.29, 0.717) is 12.1 Å². The molecule has 5 nitrogen and oxygen atoms in total. The van der Waals surface area contributed by atoms with E-state index in [4.69, 9.17) is 4.28 Å². The molecule has 1 aliphatic carbocycles. The third-order valence-electron chi connectivity index (χ3n) is 3.81. The molecule has 1 heterocycles. The van der Waals surface area contributed by atoms with E-state index in [1.807, 2.05) is 26.0 Å². The largest absolute Gasteiger partial charge is 0.358 e. The Morgan fingerprint density at radius 3 is 2.52 bits per heavy atom. The second-order valence-electron chi connectivity index (χ2n) is 5.68. The molecule has 2 aromatic rings. The molecule has 1 aliphatic rings. The number of aryl methyl sites for hydroxylation is 3. The van der Waals surface area contributed by atoms with Crippen LogP contribution in [0.15, 0.2) is 46.4 Å². The minimum absolute atomic E-state index is 0.102. The van der Waals surface area contributed by atoms with Gasteiger partial charge in [0.1, 0.15) is 4.90 Å². The fraction of sp³-hybridized carbons (Fsp3) is 0.294. The van der Waals surface area contributed by atoms with E-state index < -0.39 is 10.1 Å². The molecule has 0 N–H and O–H groups in total. The number of aromatic nitrogens is 1. The van der Waals surface area contributed by atoms with Gasteiger partial charge in [0.2, 0.25) is 0 Å². The summed E-state index contributed by atoms with van der Waals surface area (Å²) in [7, 11) is -3.90. The zero-order chi connectivity index (χ0) is 16.4. The average Bonchev–Trinajstić information content (AvgIpc) is 2.53. The van der Waals surface area contributed by atoms with E-state index in [1.54, 1.807) is 12.1 Å². The van der Waals surface area contributed by atoms with Crippen LogP contribution < -0.4 is 0 Å². The molecule has 0 saturated heterocycles. The molecule has 0 spiro atoms. The Balaban J connectivity index is 1.88. The van der Waals surface area contributed by atoms with Crippen LogP contribution >= 0.6 is 0 Å². The summed E-state index contributed by atoms with van der Waals surface area (Å²) in [6, 6.07) is 10.3. The number of hydrogen-bond acceptors (Lipinski definition) is 5. The van der Waals surface area contributed by atoms with Gasteiger partial charge in [-0.2, -0.15) is 8.42 Å². The number of benzene rings is 1. The molecule has 0 radical (unpaired) electrons. The lowest BCUT2D eigenvalue weighted by Gasteiger charge is -2.16. The molecule has 0 atom stereocenters. The maximum Gasteiger partial charge on any atom is 0.358 e.